The predicted octanol–water partition coefficient (Wildman–Crippen LogP) is -7.48. The number of rotatable bonds is 7. The minimum absolute atomic E-state index is 0.616. The van der Waals surface area contributed by atoms with E-state index in [4.69, 9.17) is 28.8 Å². The maximum atomic E-state index is 11.2. The van der Waals surface area contributed by atoms with Gasteiger partial charge >= 0.3 is 5.97 Å². The van der Waals surface area contributed by atoms with Crippen molar-refractivity contribution in [3.63, 3.8) is 0 Å². The van der Waals surface area contributed by atoms with E-state index in [1.807, 2.05) is 0 Å². The van der Waals surface area contributed by atoms with Crippen LogP contribution in [-0.2, 0) is 28.5 Å². The molecule has 0 amide bonds. The summed E-state index contributed by atoms with van der Waals surface area (Å²) in [6.07, 6.45) is -26.6. The predicted molar refractivity (Wildman–Crippen MR) is 102 cm³/mol. The van der Waals surface area contributed by atoms with Gasteiger partial charge in [0.05, 0.1) is 13.2 Å². The fraction of sp³-hybridized carbons (Fsp3) is 0.944. The molecule has 15 unspecified atom stereocenters. The zero-order valence-corrected chi connectivity index (χ0v) is 17.9. The molecular formula is C18H30O17. The van der Waals surface area contributed by atoms with E-state index < -0.39 is 111 Å². The lowest BCUT2D eigenvalue weighted by Gasteiger charge is -2.43. The molecule has 0 aromatic rings. The van der Waals surface area contributed by atoms with Gasteiger partial charge in [-0.3, -0.25) is 0 Å². The normalized spacial score (nSPS) is 51.2. The Morgan fingerprint density at radius 1 is 0.543 bits per heavy atom. The molecule has 35 heavy (non-hydrogen) atoms. The van der Waals surface area contributed by atoms with E-state index in [1.165, 1.54) is 0 Å². The summed E-state index contributed by atoms with van der Waals surface area (Å²) in [7, 11) is 0. The number of hydrogen-bond donors (Lipinski definition) is 11. The van der Waals surface area contributed by atoms with Gasteiger partial charge in [-0.25, -0.2) is 4.79 Å². The van der Waals surface area contributed by atoms with Gasteiger partial charge in [0.15, 0.2) is 25.0 Å². The lowest BCUT2D eigenvalue weighted by atomic mass is 9.98. The first kappa shape index (κ1) is 28.4. The van der Waals surface area contributed by atoms with Crippen molar-refractivity contribution in [1.29, 1.82) is 0 Å². The SMILES string of the molecule is O=C(O)C1OC(OCC2OC(OCC3OC(O)C(O)C(O)C3O)C(O)C(O)C2O)C(O)C(O)C1O. The number of hydrogen-bond acceptors (Lipinski definition) is 16. The standard InChI is InChI=1S/C18H30O17/c19-5-3(33-16(30)11(25)7(5)21)1-31-17-12(26)8(22)6(20)4(34-17)2-32-18-13(27)9(23)10(24)14(35-18)15(28)29/h3-14,16-27,30H,1-2H2,(H,28,29). The Kier molecular flexibility index (Phi) is 9.35. The first-order valence-electron chi connectivity index (χ1n) is 10.6. The Balaban J connectivity index is 1.60. The Labute approximate surface area is 196 Å². The third-order valence-electron chi connectivity index (χ3n) is 6.02. The largest absolute Gasteiger partial charge is 0.479 e. The van der Waals surface area contributed by atoms with E-state index in [2.05, 4.69) is 0 Å². The molecule has 0 spiro atoms. The first-order chi connectivity index (χ1) is 16.3. The Morgan fingerprint density at radius 2 is 0.971 bits per heavy atom. The molecule has 0 aromatic heterocycles. The summed E-state index contributed by atoms with van der Waals surface area (Å²) in [4.78, 5) is 11.2. The second-order valence-corrected chi connectivity index (χ2v) is 8.45. The van der Waals surface area contributed by atoms with Crippen LogP contribution in [-0.4, -0.2) is 167 Å². The lowest BCUT2D eigenvalue weighted by Crippen LogP contribution is -2.63. The maximum Gasteiger partial charge on any atom is 0.335 e. The van der Waals surface area contributed by atoms with Crippen LogP contribution in [0.1, 0.15) is 0 Å². The third-order valence-corrected chi connectivity index (χ3v) is 6.02. The average Bonchev–Trinajstić information content (AvgIpc) is 2.82. The van der Waals surface area contributed by atoms with Crippen molar-refractivity contribution in [2.24, 2.45) is 0 Å². The van der Waals surface area contributed by atoms with Crippen LogP contribution in [0.25, 0.3) is 0 Å². The molecule has 15 atom stereocenters. The van der Waals surface area contributed by atoms with Gasteiger partial charge in [-0.15, -0.1) is 0 Å². The fourth-order valence-electron chi connectivity index (χ4n) is 3.83. The molecule has 3 saturated heterocycles. The molecule has 0 aromatic carbocycles. The Hall–Kier alpha value is -1.13. The van der Waals surface area contributed by atoms with E-state index in [1.54, 1.807) is 0 Å². The molecule has 204 valence electrons. The summed E-state index contributed by atoms with van der Waals surface area (Å²) < 4.78 is 25.7. The highest BCUT2D eigenvalue weighted by molar-refractivity contribution is 5.73. The van der Waals surface area contributed by atoms with Gasteiger partial charge in [-0.1, -0.05) is 0 Å². The number of aliphatic hydroxyl groups excluding tert-OH is 10. The van der Waals surface area contributed by atoms with E-state index in [-0.39, 0.29) is 0 Å². The molecule has 0 radical (unpaired) electrons. The Bertz CT molecular complexity index is 711. The van der Waals surface area contributed by atoms with Crippen molar-refractivity contribution >= 4 is 5.97 Å². The van der Waals surface area contributed by atoms with Crippen molar-refractivity contribution in [1.82, 2.24) is 0 Å². The smallest absolute Gasteiger partial charge is 0.335 e. The van der Waals surface area contributed by atoms with Crippen LogP contribution in [0.15, 0.2) is 0 Å². The number of aliphatic hydroxyl groups is 10. The molecule has 3 aliphatic rings. The molecule has 3 aliphatic heterocycles. The fourth-order valence-corrected chi connectivity index (χ4v) is 3.83. The number of ether oxygens (including phenoxy) is 5. The van der Waals surface area contributed by atoms with Crippen molar-refractivity contribution < 1.29 is 84.7 Å². The molecule has 3 fully saturated rings. The summed E-state index contributed by atoms with van der Waals surface area (Å²) in [5, 5.41) is 108. The van der Waals surface area contributed by atoms with Gasteiger partial charge in [-0.2, -0.15) is 0 Å². The molecular weight excluding hydrogens is 488 g/mol. The van der Waals surface area contributed by atoms with Crippen LogP contribution in [0.2, 0.25) is 0 Å². The molecule has 0 saturated carbocycles. The van der Waals surface area contributed by atoms with Gasteiger partial charge in [-0.05, 0) is 0 Å². The number of aliphatic carboxylic acids is 1. The number of carboxylic acid groups (broad SMARTS) is 1. The van der Waals surface area contributed by atoms with Crippen LogP contribution >= 0.6 is 0 Å². The van der Waals surface area contributed by atoms with Gasteiger partial charge in [0.1, 0.15) is 67.1 Å². The van der Waals surface area contributed by atoms with E-state index in [0.717, 1.165) is 0 Å². The van der Waals surface area contributed by atoms with E-state index in [0.29, 0.717) is 0 Å². The topological polar surface area (TPSA) is 286 Å². The molecule has 0 aliphatic carbocycles. The van der Waals surface area contributed by atoms with Crippen molar-refractivity contribution in [2.75, 3.05) is 13.2 Å². The van der Waals surface area contributed by atoms with Crippen LogP contribution in [0.3, 0.4) is 0 Å². The second-order valence-electron chi connectivity index (χ2n) is 8.45. The van der Waals surface area contributed by atoms with Gasteiger partial charge in [0.2, 0.25) is 0 Å². The summed E-state index contributed by atoms with van der Waals surface area (Å²) in [6.45, 7) is -1.30. The molecule has 0 bridgehead atoms. The quantitative estimate of drug-likeness (QED) is 0.149. The van der Waals surface area contributed by atoms with Gasteiger partial charge in [0, 0.05) is 0 Å². The summed E-state index contributed by atoms with van der Waals surface area (Å²) in [6, 6.07) is 0. The molecule has 17 heteroatoms. The van der Waals surface area contributed by atoms with Crippen LogP contribution < -0.4 is 0 Å². The molecule has 3 rings (SSSR count). The van der Waals surface area contributed by atoms with Gasteiger partial charge < -0.3 is 79.9 Å². The summed E-state index contributed by atoms with van der Waals surface area (Å²) in [5.41, 5.74) is 0. The van der Waals surface area contributed by atoms with Crippen LogP contribution in [0, 0.1) is 0 Å². The van der Waals surface area contributed by atoms with Crippen LogP contribution in [0.5, 0.6) is 0 Å². The maximum absolute atomic E-state index is 11.2. The van der Waals surface area contributed by atoms with Crippen LogP contribution in [0.4, 0.5) is 0 Å². The Morgan fingerprint density at radius 3 is 1.49 bits per heavy atom. The third kappa shape index (κ3) is 5.90. The first-order valence-corrected chi connectivity index (χ1v) is 10.6. The number of carboxylic acids is 1. The minimum atomic E-state index is -1.95. The van der Waals surface area contributed by atoms with Crippen molar-refractivity contribution in [3.8, 4) is 0 Å². The number of carbonyl (C=O) groups is 1. The van der Waals surface area contributed by atoms with Crippen molar-refractivity contribution in [2.45, 2.75) is 92.1 Å². The highest BCUT2D eigenvalue weighted by Crippen LogP contribution is 2.27. The van der Waals surface area contributed by atoms with E-state index >= 15 is 0 Å². The lowest BCUT2D eigenvalue weighted by molar-refractivity contribution is -0.338. The van der Waals surface area contributed by atoms with Crippen molar-refractivity contribution in [3.05, 3.63) is 0 Å². The molecule has 3 heterocycles. The van der Waals surface area contributed by atoms with E-state index in [9.17, 15) is 55.9 Å². The average molecular weight is 518 g/mol. The summed E-state index contributed by atoms with van der Waals surface area (Å²) in [5.74, 6) is -1.65. The molecule has 17 nitrogen and oxygen atoms in total. The monoisotopic (exact) mass is 518 g/mol. The van der Waals surface area contributed by atoms with Gasteiger partial charge in [0.25, 0.3) is 0 Å². The highest BCUT2D eigenvalue weighted by Gasteiger charge is 2.50. The summed E-state index contributed by atoms with van der Waals surface area (Å²) >= 11 is 0. The molecule has 11 N–H and O–H groups in total. The zero-order valence-electron chi connectivity index (χ0n) is 17.9. The minimum Gasteiger partial charge on any atom is -0.479 e. The zero-order chi connectivity index (χ0) is 26.2. The highest BCUT2D eigenvalue weighted by atomic mass is 16.7. The second kappa shape index (κ2) is 11.5.